The van der Waals surface area contributed by atoms with Crippen LogP contribution in [0.2, 0.25) is 5.02 Å². The molecule has 0 amide bonds. The Balaban J connectivity index is 2.35. The van der Waals surface area contributed by atoms with E-state index in [0.717, 1.165) is 9.35 Å². The Labute approximate surface area is 141 Å². The number of hydrogen-bond donors (Lipinski definition) is 1. The molecular weight excluding hydrogens is 396 g/mol. The van der Waals surface area contributed by atoms with Crippen LogP contribution >= 0.6 is 38.9 Å². The zero-order valence-corrected chi connectivity index (χ0v) is 15.4. The lowest BCUT2D eigenvalue weighted by atomic mass is 10.2. The van der Waals surface area contributed by atoms with Crippen LogP contribution < -0.4 is 5.73 Å². The molecule has 0 fully saturated rings. The predicted octanol–water partition coefficient (Wildman–Crippen LogP) is 3.88. The minimum Gasteiger partial charge on any atom is -0.397 e. The largest absolute Gasteiger partial charge is 0.397 e. The number of anilines is 1. The van der Waals surface area contributed by atoms with Crippen LogP contribution in [0.25, 0.3) is 0 Å². The zero-order valence-electron chi connectivity index (χ0n) is 11.4. The summed E-state index contributed by atoms with van der Waals surface area (Å²) < 4.78 is 27.6. The van der Waals surface area contributed by atoms with Gasteiger partial charge < -0.3 is 5.73 Å². The number of sulfonamides is 1. The van der Waals surface area contributed by atoms with E-state index in [4.69, 9.17) is 17.3 Å². The molecule has 1 heterocycles. The SMILES string of the molecule is Cc1cc(Cl)c(N)cc1S(=O)(=O)N(C)Cc1csc(Br)c1. The van der Waals surface area contributed by atoms with Crippen molar-refractivity contribution in [3.8, 4) is 0 Å². The zero-order chi connectivity index (χ0) is 15.8. The van der Waals surface area contributed by atoms with E-state index in [-0.39, 0.29) is 10.6 Å². The second kappa shape index (κ2) is 6.26. The van der Waals surface area contributed by atoms with E-state index in [1.165, 1.54) is 21.7 Å². The monoisotopic (exact) mass is 408 g/mol. The maximum Gasteiger partial charge on any atom is 0.243 e. The van der Waals surface area contributed by atoms with Gasteiger partial charge >= 0.3 is 0 Å². The molecule has 1 aromatic carbocycles. The van der Waals surface area contributed by atoms with Gasteiger partial charge in [0, 0.05) is 13.6 Å². The first kappa shape index (κ1) is 16.8. The Morgan fingerprint density at radius 3 is 2.62 bits per heavy atom. The second-order valence-electron chi connectivity index (χ2n) is 4.66. The van der Waals surface area contributed by atoms with Gasteiger partial charge in [-0.3, -0.25) is 0 Å². The van der Waals surface area contributed by atoms with Gasteiger partial charge in [0.05, 0.1) is 19.4 Å². The van der Waals surface area contributed by atoms with Gasteiger partial charge in [0.25, 0.3) is 0 Å². The Bertz CT molecular complexity index is 774. The molecule has 2 aromatic rings. The van der Waals surface area contributed by atoms with Crippen LogP contribution in [-0.4, -0.2) is 19.8 Å². The molecule has 114 valence electrons. The van der Waals surface area contributed by atoms with E-state index in [1.807, 2.05) is 11.4 Å². The molecule has 0 aliphatic rings. The molecule has 0 atom stereocenters. The summed E-state index contributed by atoms with van der Waals surface area (Å²) in [4.78, 5) is 0.182. The molecule has 8 heteroatoms. The van der Waals surface area contributed by atoms with Crippen molar-refractivity contribution in [1.82, 2.24) is 4.31 Å². The van der Waals surface area contributed by atoms with Crippen molar-refractivity contribution >= 4 is 54.6 Å². The fourth-order valence-corrected chi connectivity index (χ4v) is 4.70. The summed E-state index contributed by atoms with van der Waals surface area (Å²) in [7, 11) is -2.07. The van der Waals surface area contributed by atoms with Crippen LogP contribution in [-0.2, 0) is 16.6 Å². The van der Waals surface area contributed by atoms with E-state index < -0.39 is 10.0 Å². The molecule has 2 rings (SSSR count). The minimum absolute atomic E-state index is 0.182. The van der Waals surface area contributed by atoms with Crippen LogP contribution in [0.1, 0.15) is 11.1 Å². The molecule has 4 nitrogen and oxygen atoms in total. The highest BCUT2D eigenvalue weighted by Gasteiger charge is 2.24. The van der Waals surface area contributed by atoms with Crippen molar-refractivity contribution in [3.63, 3.8) is 0 Å². The van der Waals surface area contributed by atoms with Crippen molar-refractivity contribution in [2.75, 3.05) is 12.8 Å². The van der Waals surface area contributed by atoms with E-state index in [2.05, 4.69) is 15.9 Å². The van der Waals surface area contributed by atoms with Crippen LogP contribution in [0.5, 0.6) is 0 Å². The number of nitrogens with two attached hydrogens (primary N) is 1. The molecule has 0 aliphatic heterocycles. The average Bonchev–Trinajstić information content (AvgIpc) is 2.79. The highest BCUT2D eigenvalue weighted by Crippen LogP contribution is 2.29. The number of aryl methyl sites for hydroxylation is 1. The summed E-state index contributed by atoms with van der Waals surface area (Å²) in [6, 6.07) is 4.88. The summed E-state index contributed by atoms with van der Waals surface area (Å²) in [5, 5.41) is 2.27. The number of hydrogen-bond acceptors (Lipinski definition) is 4. The first-order chi connectivity index (χ1) is 9.71. The number of thiophene rings is 1. The fraction of sp³-hybridized carbons (Fsp3) is 0.231. The summed E-state index contributed by atoms with van der Waals surface area (Å²) in [5.74, 6) is 0. The Morgan fingerprint density at radius 2 is 2.05 bits per heavy atom. The van der Waals surface area contributed by atoms with Gasteiger partial charge in [0.2, 0.25) is 10.0 Å². The molecular formula is C13H14BrClN2O2S2. The molecule has 1 aromatic heterocycles. The minimum atomic E-state index is -3.61. The lowest BCUT2D eigenvalue weighted by molar-refractivity contribution is 0.467. The van der Waals surface area contributed by atoms with Gasteiger partial charge in [-0.15, -0.1) is 11.3 Å². The molecule has 0 saturated carbocycles. The molecule has 0 unspecified atom stereocenters. The predicted molar refractivity (Wildman–Crippen MR) is 91.3 cm³/mol. The lowest BCUT2D eigenvalue weighted by Gasteiger charge is -2.18. The summed E-state index contributed by atoms with van der Waals surface area (Å²) in [6.45, 7) is 2.00. The molecule has 21 heavy (non-hydrogen) atoms. The first-order valence-corrected chi connectivity index (χ1v) is 9.45. The third-order valence-corrected chi connectivity index (χ3v) is 6.84. The first-order valence-electron chi connectivity index (χ1n) is 5.96. The molecule has 0 saturated heterocycles. The van der Waals surface area contributed by atoms with Gasteiger partial charge in [-0.1, -0.05) is 11.6 Å². The van der Waals surface area contributed by atoms with Crippen molar-refractivity contribution < 1.29 is 8.42 Å². The standard InChI is InChI=1S/C13H14BrClN2O2S2/c1-8-3-10(15)11(16)5-12(8)21(18,19)17(2)6-9-4-13(14)20-7-9/h3-5,7H,6,16H2,1-2H3. The van der Waals surface area contributed by atoms with Crippen molar-refractivity contribution in [3.05, 3.63) is 43.5 Å². The number of nitrogens with zero attached hydrogens (tertiary/aromatic N) is 1. The Morgan fingerprint density at radius 1 is 1.38 bits per heavy atom. The normalized spacial score (nSPS) is 12.0. The van der Waals surface area contributed by atoms with Gasteiger partial charge in [-0.25, -0.2) is 8.42 Å². The fourth-order valence-electron chi connectivity index (χ4n) is 1.89. The highest BCUT2D eigenvalue weighted by atomic mass is 79.9. The van der Waals surface area contributed by atoms with Gasteiger partial charge in [-0.05, 0) is 57.6 Å². The summed E-state index contributed by atoms with van der Waals surface area (Å²) in [5.41, 5.74) is 7.48. The number of rotatable bonds is 4. The molecule has 0 bridgehead atoms. The van der Waals surface area contributed by atoms with E-state index >= 15 is 0 Å². The van der Waals surface area contributed by atoms with Crippen LogP contribution in [0.3, 0.4) is 0 Å². The molecule has 0 spiro atoms. The quantitative estimate of drug-likeness (QED) is 0.780. The highest BCUT2D eigenvalue weighted by molar-refractivity contribution is 9.11. The van der Waals surface area contributed by atoms with Crippen LogP contribution in [0.15, 0.2) is 32.3 Å². The van der Waals surface area contributed by atoms with Crippen molar-refractivity contribution in [1.29, 1.82) is 0 Å². The third kappa shape index (κ3) is 3.60. The Hall–Kier alpha value is -0.600. The van der Waals surface area contributed by atoms with Crippen LogP contribution in [0, 0.1) is 6.92 Å². The Kier molecular flexibility index (Phi) is 4.99. The number of nitrogen functional groups attached to an aromatic ring is 1. The van der Waals surface area contributed by atoms with Crippen molar-refractivity contribution in [2.24, 2.45) is 0 Å². The third-order valence-electron chi connectivity index (χ3n) is 3.01. The summed E-state index contributed by atoms with van der Waals surface area (Å²) in [6.07, 6.45) is 0. The van der Waals surface area contributed by atoms with Gasteiger partial charge in [0.15, 0.2) is 0 Å². The van der Waals surface area contributed by atoms with Gasteiger partial charge in [-0.2, -0.15) is 4.31 Å². The maximum absolute atomic E-state index is 12.6. The molecule has 2 N–H and O–H groups in total. The number of halogens is 2. The summed E-state index contributed by atoms with van der Waals surface area (Å²) >= 11 is 10.8. The van der Waals surface area contributed by atoms with Crippen LogP contribution in [0.4, 0.5) is 5.69 Å². The lowest BCUT2D eigenvalue weighted by Crippen LogP contribution is -2.27. The van der Waals surface area contributed by atoms with E-state index in [1.54, 1.807) is 20.0 Å². The topological polar surface area (TPSA) is 63.4 Å². The van der Waals surface area contributed by atoms with Crippen molar-refractivity contribution in [2.45, 2.75) is 18.4 Å². The molecule has 0 aliphatic carbocycles. The second-order valence-corrected chi connectivity index (χ2v) is 9.37. The smallest absolute Gasteiger partial charge is 0.243 e. The van der Waals surface area contributed by atoms with E-state index in [0.29, 0.717) is 17.1 Å². The molecule has 0 radical (unpaired) electrons. The maximum atomic E-state index is 12.6. The van der Waals surface area contributed by atoms with Gasteiger partial charge in [0.1, 0.15) is 0 Å². The van der Waals surface area contributed by atoms with E-state index in [9.17, 15) is 8.42 Å². The number of benzene rings is 1. The average molecular weight is 410 g/mol.